The van der Waals surface area contributed by atoms with Gasteiger partial charge in [0.05, 0.1) is 10.9 Å². The van der Waals surface area contributed by atoms with E-state index in [4.69, 9.17) is 23.2 Å². The van der Waals surface area contributed by atoms with Gasteiger partial charge in [0.1, 0.15) is 22.7 Å². The van der Waals surface area contributed by atoms with Crippen molar-refractivity contribution < 1.29 is 4.79 Å². The van der Waals surface area contributed by atoms with E-state index in [0.29, 0.717) is 17.9 Å². The minimum atomic E-state index is -0.665. The fourth-order valence-corrected chi connectivity index (χ4v) is 2.39. The van der Waals surface area contributed by atoms with Crippen LogP contribution in [-0.4, -0.2) is 32.5 Å². The van der Waals surface area contributed by atoms with Gasteiger partial charge in [0.2, 0.25) is 5.43 Å². The number of halogens is 1. The second-order valence-corrected chi connectivity index (χ2v) is 6.66. The van der Waals surface area contributed by atoms with Gasteiger partial charge in [-0.15, -0.1) is 0 Å². The Balaban J connectivity index is 2.80. The van der Waals surface area contributed by atoms with E-state index in [2.05, 4.69) is 16.8 Å². The number of pyridine rings is 2. The summed E-state index contributed by atoms with van der Waals surface area (Å²) in [6.45, 7) is 5.81. The molecule has 0 aliphatic rings. The van der Waals surface area contributed by atoms with Crippen molar-refractivity contribution in [2.45, 2.75) is 32.9 Å². The highest BCUT2D eigenvalue weighted by Crippen LogP contribution is 2.19. The SMILES string of the molecule is CCn1c(N)c(C(=O)N(C)Cl)c(=O)c2ccc(C#CC(C)(C)N)nc21. The van der Waals surface area contributed by atoms with Gasteiger partial charge in [0.25, 0.3) is 5.91 Å². The van der Waals surface area contributed by atoms with Crippen molar-refractivity contribution in [1.29, 1.82) is 0 Å². The molecule has 25 heavy (non-hydrogen) atoms. The van der Waals surface area contributed by atoms with Crippen molar-refractivity contribution in [2.75, 3.05) is 12.8 Å². The summed E-state index contributed by atoms with van der Waals surface area (Å²) in [6.07, 6.45) is 0. The largest absolute Gasteiger partial charge is 0.384 e. The highest BCUT2D eigenvalue weighted by molar-refractivity contribution is 6.24. The second kappa shape index (κ2) is 6.75. The zero-order valence-corrected chi connectivity index (χ0v) is 15.3. The topological polar surface area (TPSA) is 107 Å². The van der Waals surface area contributed by atoms with Crippen molar-refractivity contribution >= 4 is 34.5 Å². The highest BCUT2D eigenvalue weighted by atomic mass is 35.5. The molecule has 0 aliphatic carbocycles. The summed E-state index contributed by atoms with van der Waals surface area (Å²) in [5, 5.41) is 0.274. The van der Waals surface area contributed by atoms with Gasteiger partial charge >= 0.3 is 0 Å². The van der Waals surface area contributed by atoms with E-state index < -0.39 is 16.9 Å². The van der Waals surface area contributed by atoms with E-state index in [1.165, 1.54) is 7.05 Å². The van der Waals surface area contributed by atoms with E-state index in [9.17, 15) is 9.59 Å². The van der Waals surface area contributed by atoms with Gasteiger partial charge in [-0.3, -0.25) is 14.0 Å². The zero-order valence-electron chi connectivity index (χ0n) is 14.6. The predicted molar refractivity (Wildman–Crippen MR) is 99.2 cm³/mol. The fraction of sp³-hybridized carbons (Fsp3) is 0.353. The number of rotatable bonds is 2. The summed E-state index contributed by atoms with van der Waals surface area (Å²) in [5.41, 5.74) is 11.4. The molecule has 0 spiro atoms. The number of hydrogen-bond acceptors (Lipinski definition) is 5. The number of carbonyl (C=O) groups is 1. The lowest BCUT2D eigenvalue weighted by atomic mass is 10.1. The minimum Gasteiger partial charge on any atom is -0.384 e. The van der Waals surface area contributed by atoms with Crippen molar-refractivity contribution in [3.05, 3.63) is 33.6 Å². The number of aromatic nitrogens is 2. The first kappa shape index (κ1) is 18.8. The third kappa shape index (κ3) is 3.76. The number of carbonyl (C=O) groups excluding carboxylic acids is 1. The molecule has 0 unspecified atom stereocenters. The standard InChI is InChI=1S/C17H20ClN5O2/c1-5-23-14(19)12(16(25)22(4)18)13(24)11-7-6-10(21-15(11)23)8-9-17(2,3)20/h6-7H,5,19-20H2,1-4H3. The Kier molecular flexibility index (Phi) is 5.07. The number of anilines is 1. The first-order valence-electron chi connectivity index (χ1n) is 7.65. The molecule has 7 nitrogen and oxygen atoms in total. The number of nitrogens with zero attached hydrogens (tertiary/aromatic N) is 3. The molecule has 2 aromatic heterocycles. The van der Waals surface area contributed by atoms with Crippen molar-refractivity contribution in [3.8, 4) is 11.8 Å². The van der Waals surface area contributed by atoms with Gasteiger partial charge in [-0.2, -0.15) is 0 Å². The summed E-state index contributed by atoms with van der Waals surface area (Å²) in [6, 6.07) is 3.19. The molecule has 0 aromatic carbocycles. The molecule has 2 heterocycles. The lowest BCUT2D eigenvalue weighted by molar-refractivity contribution is 0.0884. The molecule has 0 fully saturated rings. The molecule has 8 heteroatoms. The average molecular weight is 362 g/mol. The number of fused-ring (bicyclic) bond motifs is 1. The fourth-order valence-electron chi connectivity index (χ4n) is 2.31. The Morgan fingerprint density at radius 1 is 1.44 bits per heavy atom. The molecular formula is C17H20ClN5O2. The summed E-state index contributed by atoms with van der Waals surface area (Å²) < 4.78 is 2.39. The number of nitrogens with two attached hydrogens (primary N) is 2. The molecular weight excluding hydrogens is 342 g/mol. The van der Waals surface area contributed by atoms with Crippen LogP contribution in [-0.2, 0) is 6.54 Å². The lowest BCUT2D eigenvalue weighted by Crippen LogP contribution is -2.29. The third-order valence-electron chi connectivity index (χ3n) is 3.47. The van der Waals surface area contributed by atoms with Gasteiger partial charge in [0, 0.05) is 25.4 Å². The normalized spacial score (nSPS) is 11.1. The molecule has 0 saturated carbocycles. The molecule has 0 atom stereocenters. The molecule has 2 aromatic rings. The quantitative estimate of drug-likeness (QED) is 0.619. The van der Waals surface area contributed by atoms with E-state index in [1.807, 2.05) is 6.92 Å². The first-order valence-corrected chi connectivity index (χ1v) is 7.99. The number of hydrogen-bond donors (Lipinski definition) is 2. The maximum atomic E-state index is 12.7. The highest BCUT2D eigenvalue weighted by Gasteiger charge is 2.23. The molecule has 0 saturated heterocycles. The lowest BCUT2D eigenvalue weighted by Gasteiger charge is -2.16. The van der Waals surface area contributed by atoms with Crippen LogP contribution in [0.15, 0.2) is 16.9 Å². The monoisotopic (exact) mass is 361 g/mol. The molecule has 4 N–H and O–H groups in total. The Labute approximate surface area is 150 Å². The predicted octanol–water partition coefficient (Wildman–Crippen LogP) is 1.31. The van der Waals surface area contributed by atoms with Crippen LogP contribution in [0.5, 0.6) is 0 Å². The van der Waals surface area contributed by atoms with Gasteiger partial charge in [0.15, 0.2) is 0 Å². The van der Waals surface area contributed by atoms with Gasteiger partial charge in [-0.25, -0.2) is 4.98 Å². The van der Waals surface area contributed by atoms with Crippen LogP contribution in [0.1, 0.15) is 36.8 Å². The van der Waals surface area contributed by atoms with Crippen LogP contribution in [0.25, 0.3) is 11.0 Å². The molecule has 132 valence electrons. The smallest absolute Gasteiger partial charge is 0.275 e. The molecule has 0 radical (unpaired) electrons. The molecule has 0 aliphatic heterocycles. The molecule has 2 rings (SSSR count). The molecule has 0 bridgehead atoms. The summed E-state index contributed by atoms with van der Waals surface area (Å²) in [5.74, 6) is 5.12. The van der Waals surface area contributed by atoms with E-state index >= 15 is 0 Å². The van der Waals surface area contributed by atoms with Crippen LogP contribution >= 0.6 is 11.8 Å². The van der Waals surface area contributed by atoms with E-state index in [0.717, 1.165) is 4.42 Å². The van der Waals surface area contributed by atoms with Crippen LogP contribution in [0, 0.1) is 11.8 Å². The summed E-state index contributed by atoms with van der Waals surface area (Å²) in [4.78, 5) is 29.3. The average Bonchev–Trinajstić information content (AvgIpc) is 2.52. The Morgan fingerprint density at radius 3 is 2.60 bits per heavy atom. The maximum Gasteiger partial charge on any atom is 0.275 e. The second-order valence-electron chi connectivity index (χ2n) is 6.16. The Hall–Kier alpha value is -2.56. The van der Waals surface area contributed by atoms with Crippen LogP contribution < -0.4 is 16.9 Å². The summed E-state index contributed by atoms with van der Waals surface area (Å²) >= 11 is 5.70. The van der Waals surface area contributed by atoms with Gasteiger partial charge < -0.3 is 16.0 Å². The zero-order chi connectivity index (χ0) is 18.9. The first-order chi connectivity index (χ1) is 11.6. The van der Waals surface area contributed by atoms with Gasteiger partial charge in [-0.05, 0) is 38.8 Å². The number of amides is 1. The molecule has 1 amide bonds. The summed E-state index contributed by atoms with van der Waals surface area (Å²) in [7, 11) is 1.34. The van der Waals surface area contributed by atoms with Gasteiger partial charge in [-0.1, -0.05) is 5.92 Å². The number of aryl methyl sites for hydroxylation is 1. The minimum absolute atomic E-state index is 0.0225. The Morgan fingerprint density at radius 2 is 2.08 bits per heavy atom. The van der Waals surface area contributed by atoms with Crippen molar-refractivity contribution in [2.24, 2.45) is 5.73 Å². The Bertz CT molecular complexity index is 961. The van der Waals surface area contributed by atoms with Crippen molar-refractivity contribution in [1.82, 2.24) is 14.0 Å². The van der Waals surface area contributed by atoms with Crippen LogP contribution in [0.2, 0.25) is 0 Å². The van der Waals surface area contributed by atoms with Crippen molar-refractivity contribution in [3.63, 3.8) is 0 Å². The van der Waals surface area contributed by atoms with Crippen LogP contribution in [0.4, 0.5) is 5.82 Å². The third-order valence-corrected chi connectivity index (χ3v) is 3.63. The van der Waals surface area contributed by atoms with E-state index in [1.54, 1.807) is 30.5 Å². The van der Waals surface area contributed by atoms with Crippen LogP contribution in [0.3, 0.4) is 0 Å². The maximum absolute atomic E-state index is 12.7. The van der Waals surface area contributed by atoms with E-state index in [-0.39, 0.29) is 16.8 Å². The number of nitrogen functional groups attached to an aromatic ring is 1.